The van der Waals surface area contributed by atoms with Crippen molar-refractivity contribution in [2.45, 2.75) is 12.0 Å². The van der Waals surface area contributed by atoms with E-state index in [1.807, 2.05) is 0 Å². The van der Waals surface area contributed by atoms with Gasteiger partial charge in [-0.3, -0.25) is 0 Å². The van der Waals surface area contributed by atoms with E-state index in [2.05, 4.69) is 5.32 Å². The Kier molecular flexibility index (Phi) is 2.63. The Morgan fingerprint density at radius 2 is 2.27 bits per heavy atom. The molecule has 4 heteroatoms. The molecule has 0 aliphatic carbocycles. The van der Waals surface area contributed by atoms with E-state index in [4.69, 9.17) is 4.74 Å². The molecule has 0 spiro atoms. The number of benzene rings is 1. The van der Waals surface area contributed by atoms with Crippen LogP contribution in [0.15, 0.2) is 18.2 Å². The molecule has 2 N–H and O–H groups in total. The Morgan fingerprint density at radius 3 is 2.80 bits per heavy atom. The molecule has 1 aliphatic heterocycles. The molecule has 1 saturated heterocycles. The number of β-amino-alcohol motifs (C(OH)–C–C–N with tert-alkyl or cyclic N) is 1. The first-order valence-corrected chi connectivity index (χ1v) is 4.88. The second-order valence-electron chi connectivity index (χ2n) is 3.96. The highest BCUT2D eigenvalue weighted by Gasteiger charge is 2.35. The summed E-state index contributed by atoms with van der Waals surface area (Å²) in [6.45, 7) is 1.15. The molecule has 0 unspecified atom stereocenters. The first-order chi connectivity index (χ1) is 7.13. The van der Waals surface area contributed by atoms with E-state index in [9.17, 15) is 9.50 Å². The quantitative estimate of drug-likeness (QED) is 0.773. The molecule has 1 heterocycles. The maximum Gasteiger partial charge on any atom is 0.126 e. The number of hydrogen-bond acceptors (Lipinski definition) is 3. The van der Waals surface area contributed by atoms with Gasteiger partial charge in [0.05, 0.1) is 12.7 Å². The van der Waals surface area contributed by atoms with Gasteiger partial charge >= 0.3 is 0 Å². The lowest BCUT2D eigenvalue weighted by Crippen LogP contribution is -2.60. The number of rotatable bonds is 3. The zero-order chi connectivity index (χ0) is 10.9. The predicted octanol–water partition coefficient (Wildman–Crippen LogP) is 0.711. The topological polar surface area (TPSA) is 41.5 Å². The van der Waals surface area contributed by atoms with E-state index in [1.54, 1.807) is 6.07 Å². The van der Waals surface area contributed by atoms with Gasteiger partial charge in [-0.15, -0.1) is 0 Å². The third-order valence-electron chi connectivity index (χ3n) is 2.68. The Morgan fingerprint density at radius 1 is 1.53 bits per heavy atom. The summed E-state index contributed by atoms with van der Waals surface area (Å²) in [6.07, 6.45) is 0.490. The number of methoxy groups -OCH3 is 1. The van der Waals surface area contributed by atoms with Crippen LogP contribution in [0.4, 0.5) is 4.39 Å². The van der Waals surface area contributed by atoms with Crippen LogP contribution in [0.5, 0.6) is 5.75 Å². The normalized spacial score (nSPS) is 18.3. The van der Waals surface area contributed by atoms with E-state index in [0.717, 1.165) is 5.56 Å². The number of hydrogen-bond donors (Lipinski definition) is 2. The van der Waals surface area contributed by atoms with E-state index in [0.29, 0.717) is 25.3 Å². The lowest BCUT2D eigenvalue weighted by Gasteiger charge is -2.38. The summed E-state index contributed by atoms with van der Waals surface area (Å²) in [7, 11) is 1.50. The van der Waals surface area contributed by atoms with Crippen molar-refractivity contribution in [2.75, 3.05) is 20.2 Å². The summed E-state index contributed by atoms with van der Waals surface area (Å²) in [5.41, 5.74) is 0.133. The number of nitrogens with one attached hydrogen (secondary N) is 1. The SMILES string of the molecule is COc1cc(F)ccc1CC1(O)CNC1. The molecule has 0 amide bonds. The third kappa shape index (κ3) is 2.11. The standard InChI is InChI=1S/C11H14FNO2/c1-15-10-4-9(12)3-2-8(10)5-11(14)6-13-7-11/h2-4,13-14H,5-7H2,1H3. The van der Waals surface area contributed by atoms with Crippen LogP contribution in [-0.4, -0.2) is 30.9 Å². The van der Waals surface area contributed by atoms with Gasteiger partial charge in [-0.1, -0.05) is 6.07 Å². The zero-order valence-corrected chi connectivity index (χ0v) is 8.59. The lowest BCUT2D eigenvalue weighted by atomic mass is 9.89. The molecule has 0 atom stereocenters. The van der Waals surface area contributed by atoms with Crippen molar-refractivity contribution in [1.82, 2.24) is 5.32 Å². The minimum absolute atomic E-state index is 0.325. The molecule has 0 saturated carbocycles. The molecular weight excluding hydrogens is 197 g/mol. The van der Waals surface area contributed by atoms with Crippen LogP contribution in [0.3, 0.4) is 0 Å². The smallest absolute Gasteiger partial charge is 0.126 e. The fourth-order valence-corrected chi connectivity index (χ4v) is 1.76. The summed E-state index contributed by atoms with van der Waals surface area (Å²) in [5.74, 6) is 0.171. The van der Waals surface area contributed by atoms with Crippen molar-refractivity contribution in [3.63, 3.8) is 0 Å². The fraction of sp³-hybridized carbons (Fsp3) is 0.455. The maximum absolute atomic E-state index is 12.9. The van der Waals surface area contributed by atoms with E-state index < -0.39 is 5.60 Å². The van der Waals surface area contributed by atoms with E-state index >= 15 is 0 Å². The summed E-state index contributed by atoms with van der Waals surface area (Å²) >= 11 is 0. The summed E-state index contributed by atoms with van der Waals surface area (Å²) in [4.78, 5) is 0. The van der Waals surface area contributed by atoms with Crippen LogP contribution in [0, 0.1) is 5.82 Å². The first-order valence-electron chi connectivity index (χ1n) is 4.88. The van der Waals surface area contributed by atoms with Gasteiger partial charge in [0.15, 0.2) is 0 Å². The third-order valence-corrected chi connectivity index (χ3v) is 2.68. The molecule has 0 aromatic heterocycles. The lowest BCUT2D eigenvalue weighted by molar-refractivity contribution is -0.00944. The Bertz CT molecular complexity index is 364. The number of aliphatic hydroxyl groups is 1. The predicted molar refractivity (Wildman–Crippen MR) is 54.5 cm³/mol. The molecule has 3 nitrogen and oxygen atoms in total. The average Bonchev–Trinajstić information content (AvgIpc) is 2.18. The van der Waals surface area contributed by atoms with E-state index in [-0.39, 0.29) is 5.82 Å². The highest BCUT2D eigenvalue weighted by atomic mass is 19.1. The van der Waals surface area contributed by atoms with Gasteiger partial charge in [0.1, 0.15) is 11.6 Å². The van der Waals surface area contributed by atoms with Crippen molar-refractivity contribution in [3.8, 4) is 5.75 Å². The van der Waals surface area contributed by atoms with Crippen molar-refractivity contribution in [3.05, 3.63) is 29.6 Å². The van der Waals surface area contributed by atoms with Crippen molar-refractivity contribution >= 4 is 0 Å². The highest BCUT2D eigenvalue weighted by molar-refractivity contribution is 5.35. The molecule has 2 rings (SSSR count). The van der Waals surface area contributed by atoms with Crippen LogP contribution in [0.1, 0.15) is 5.56 Å². The zero-order valence-electron chi connectivity index (χ0n) is 8.59. The molecule has 1 fully saturated rings. The molecular formula is C11H14FNO2. The second-order valence-corrected chi connectivity index (χ2v) is 3.96. The van der Waals surface area contributed by atoms with Gasteiger partial charge in [-0.25, -0.2) is 4.39 Å². The average molecular weight is 211 g/mol. The monoisotopic (exact) mass is 211 g/mol. The molecule has 0 bridgehead atoms. The van der Waals surface area contributed by atoms with Crippen LogP contribution in [0.2, 0.25) is 0 Å². The van der Waals surface area contributed by atoms with Gasteiger partial charge in [0.2, 0.25) is 0 Å². The Balaban J connectivity index is 2.20. The van der Waals surface area contributed by atoms with Crippen LogP contribution < -0.4 is 10.1 Å². The first kappa shape index (κ1) is 10.4. The Labute approximate surface area is 87.9 Å². The van der Waals surface area contributed by atoms with Crippen molar-refractivity contribution in [2.24, 2.45) is 0 Å². The summed E-state index contributed by atoms with van der Waals surface area (Å²) < 4.78 is 18.0. The molecule has 0 radical (unpaired) electrons. The molecule has 82 valence electrons. The van der Waals surface area contributed by atoms with Crippen LogP contribution in [-0.2, 0) is 6.42 Å². The summed E-state index contributed by atoms with van der Waals surface area (Å²) in [5, 5.41) is 12.9. The molecule has 15 heavy (non-hydrogen) atoms. The van der Waals surface area contributed by atoms with Gasteiger partial charge in [-0.2, -0.15) is 0 Å². The highest BCUT2D eigenvalue weighted by Crippen LogP contribution is 2.25. The van der Waals surface area contributed by atoms with E-state index in [1.165, 1.54) is 19.2 Å². The van der Waals surface area contributed by atoms with Crippen molar-refractivity contribution < 1.29 is 14.2 Å². The largest absolute Gasteiger partial charge is 0.496 e. The number of ether oxygens (including phenoxy) is 1. The van der Waals surface area contributed by atoms with Gasteiger partial charge in [-0.05, 0) is 11.6 Å². The Hall–Kier alpha value is -1.13. The molecule has 1 aromatic rings. The minimum Gasteiger partial charge on any atom is -0.496 e. The molecule has 1 aliphatic rings. The van der Waals surface area contributed by atoms with Crippen LogP contribution in [0.25, 0.3) is 0 Å². The number of halogens is 1. The summed E-state index contributed by atoms with van der Waals surface area (Å²) in [6, 6.07) is 4.38. The fourth-order valence-electron chi connectivity index (χ4n) is 1.76. The molecule has 1 aromatic carbocycles. The van der Waals surface area contributed by atoms with Gasteiger partial charge in [0, 0.05) is 25.6 Å². The minimum atomic E-state index is -0.703. The van der Waals surface area contributed by atoms with Gasteiger partial charge < -0.3 is 15.2 Å². The maximum atomic E-state index is 12.9. The van der Waals surface area contributed by atoms with Crippen LogP contribution >= 0.6 is 0 Å². The second kappa shape index (κ2) is 3.79. The van der Waals surface area contributed by atoms with Gasteiger partial charge in [0.25, 0.3) is 0 Å². The van der Waals surface area contributed by atoms with Crippen molar-refractivity contribution in [1.29, 1.82) is 0 Å².